The minimum atomic E-state index is -0.434. The lowest BCUT2D eigenvalue weighted by molar-refractivity contribution is 0.175. The van der Waals surface area contributed by atoms with Gasteiger partial charge in [-0.25, -0.2) is 0 Å². The molecule has 1 heterocycles. The lowest BCUT2D eigenvalue weighted by atomic mass is 10.1. The van der Waals surface area contributed by atoms with Crippen LogP contribution in [0.3, 0.4) is 0 Å². The first kappa shape index (κ1) is 14.0. The van der Waals surface area contributed by atoms with E-state index in [9.17, 15) is 5.11 Å². The molecule has 2 aromatic rings. The summed E-state index contributed by atoms with van der Waals surface area (Å²) in [5.74, 6) is 1.55. The van der Waals surface area contributed by atoms with Gasteiger partial charge in [0.25, 0.3) is 0 Å². The highest BCUT2D eigenvalue weighted by Crippen LogP contribution is 2.22. The fraction of sp³-hybridized carbons (Fsp3) is 0.385. The van der Waals surface area contributed by atoms with E-state index in [0.29, 0.717) is 13.0 Å². The topological polar surface area (TPSA) is 77.0 Å². The highest BCUT2D eigenvalue weighted by molar-refractivity contribution is 7.99. The van der Waals surface area contributed by atoms with Gasteiger partial charge in [-0.3, -0.25) is 0 Å². The first-order valence-corrected chi connectivity index (χ1v) is 7.15. The zero-order chi connectivity index (χ0) is 13.7. The Labute approximate surface area is 116 Å². The summed E-state index contributed by atoms with van der Waals surface area (Å²) >= 11 is 1.58. The molecule has 0 bridgehead atoms. The summed E-state index contributed by atoms with van der Waals surface area (Å²) in [4.78, 5) is 0. The number of aromatic nitrogens is 3. The highest BCUT2D eigenvalue weighted by atomic mass is 32.2. The predicted molar refractivity (Wildman–Crippen MR) is 75.6 cm³/mol. The molecule has 3 N–H and O–H groups in total. The number of aliphatic hydroxyl groups is 1. The molecule has 19 heavy (non-hydrogen) atoms. The summed E-state index contributed by atoms with van der Waals surface area (Å²) < 4.78 is 1.89. The Morgan fingerprint density at radius 3 is 2.68 bits per heavy atom. The van der Waals surface area contributed by atoms with Crippen LogP contribution < -0.4 is 5.73 Å². The van der Waals surface area contributed by atoms with Gasteiger partial charge in [0, 0.05) is 12.8 Å². The molecular weight excluding hydrogens is 260 g/mol. The number of benzene rings is 1. The monoisotopic (exact) mass is 278 g/mol. The first-order chi connectivity index (χ1) is 9.22. The zero-order valence-electron chi connectivity index (χ0n) is 10.9. The molecule has 0 aliphatic heterocycles. The SMILES string of the molecule is Cn1c(CN)nnc1SCC[C@H](O)c1ccccc1. The molecule has 0 saturated carbocycles. The second kappa shape index (κ2) is 6.70. The van der Waals surface area contributed by atoms with Gasteiger partial charge in [-0.2, -0.15) is 0 Å². The Kier molecular flexibility index (Phi) is 4.95. The maximum atomic E-state index is 10.0. The molecule has 0 unspecified atom stereocenters. The largest absolute Gasteiger partial charge is 0.388 e. The molecule has 5 nitrogen and oxygen atoms in total. The molecule has 0 amide bonds. The summed E-state index contributed by atoms with van der Waals surface area (Å²) in [6.07, 6.45) is 0.246. The average molecular weight is 278 g/mol. The van der Waals surface area contributed by atoms with Crippen LogP contribution in [0.5, 0.6) is 0 Å². The highest BCUT2D eigenvalue weighted by Gasteiger charge is 2.10. The Morgan fingerprint density at radius 2 is 2.05 bits per heavy atom. The number of thioether (sulfide) groups is 1. The lowest BCUT2D eigenvalue weighted by Crippen LogP contribution is -2.05. The number of nitrogens with two attached hydrogens (primary N) is 1. The van der Waals surface area contributed by atoms with Gasteiger partial charge in [0.05, 0.1) is 12.6 Å². The molecule has 0 saturated heterocycles. The fourth-order valence-corrected chi connectivity index (χ4v) is 2.67. The number of hydrogen-bond acceptors (Lipinski definition) is 5. The van der Waals surface area contributed by atoms with E-state index in [-0.39, 0.29) is 0 Å². The molecule has 2 rings (SSSR count). The Balaban J connectivity index is 1.85. The van der Waals surface area contributed by atoms with Crippen molar-refractivity contribution in [1.29, 1.82) is 0 Å². The second-order valence-electron chi connectivity index (χ2n) is 4.23. The summed E-state index contributed by atoms with van der Waals surface area (Å²) in [6.45, 7) is 0.386. The maximum absolute atomic E-state index is 10.0. The standard InChI is InChI=1S/C13H18N4OS/c1-17-12(9-14)15-16-13(17)19-8-7-11(18)10-5-3-2-4-6-10/h2-6,11,18H,7-9,14H2,1H3/t11-/m0/s1. The van der Waals surface area contributed by atoms with Crippen LogP contribution in [0, 0.1) is 0 Å². The predicted octanol–water partition coefficient (Wildman–Crippen LogP) is 1.49. The van der Waals surface area contributed by atoms with Crippen molar-refractivity contribution in [1.82, 2.24) is 14.8 Å². The van der Waals surface area contributed by atoms with Gasteiger partial charge >= 0.3 is 0 Å². The van der Waals surface area contributed by atoms with Crippen LogP contribution in [0.2, 0.25) is 0 Å². The molecule has 0 fully saturated rings. The van der Waals surface area contributed by atoms with Gasteiger partial charge in [-0.1, -0.05) is 42.1 Å². The quantitative estimate of drug-likeness (QED) is 0.783. The average Bonchev–Trinajstić information content (AvgIpc) is 2.80. The lowest BCUT2D eigenvalue weighted by Gasteiger charge is -2.10. The fourth-order valence-electron chi connectivity index (χ4n) is 1.75. The van der Waals surface area contributed by atoms with Gasteiger partial charge in [0.2, 0.25) is 0 Å². The van der Waals surface area contributed by atoms with E-state index < -0.39 is 6.10 Å². The van der Waals surface area contributed by atoms with E-state index in [1.807, 2.05) is 41.9 Å². The Hall–Kier alpha value is -1.37. The molecule has 1 aromatic heterocycles. The third kappa shape index (κ3) is 3.56. The third-order valence-corrected chi connectivity index (χ3v) is 3.97. The van der Waals surface area contributed by atoms with Crippen LogP contribution >= 0.6 is 11.8 Å². The van der Waals surface area contributed by atoms with E-state index in [0.717, 1.165) is 22.3 Å². The van der Waals surface area contributed by atoms with Gasteiger partial charge in [-0.05, 0) is 12.0 Å². The summed E-state index contributed by atoms with van der Waals surface area (Å²) in [5, 5.41) is 18.9. The van der Waals surface area contributed by atoms with Crippen molar-refractivity contribution in [3.05, 3.63) is 41.7 Å². The minimum absolute atomic E-state index is 0.386. The second-order valence-corrected chi connectivity index (χ2v) is 5.29. The summed E-state index contributed by atoms with van der Waals surface area (Å²) in [5.41, 5.74) is 6.49. The van der Waals surface area contributed by atoms with E-state index >= 15 is 0 Å². The molecule has 102 valence electrons. The van der Waals surface area contributed by atoms with Crippen LogP contribution in [0.25, 0.3) is 0 Å². The van der Waals surface area contributed by atoms with Crippen LogP contribution in [-0.4, -0.2) is 25.6 Å². The maximum Gasteiger partial charge on any atom is 0.190 e. The van der Waals surface area contributed by atoms with E-state index in [4.69, 9.17) is 5.73 Å². The smallest absolute Gasteiger partial charge is 0.190 e. The molecule has 0 aliphatic carbocycles. The zero-order valence-corrected chi connectivity index (χ0v) is 11.7. The number of hydrogen-bond donors (Lipinski definition) is 2. The molecule has 1 atom stereocenters. The summed E-state index contributed by atoms with van der Waals surface area (Å²) in [6, 6.07) is 9.68. The van der Waals surface area contributed by atoms with Crippen molar-refractivity contribution >= 4 is 11.8 Å². The Bertz CT molecular complexity index is 515. The van der Waals surface area contributed by atoms with E-state index in [1.165, 1.54) is 0 Å². The molecule has 1 aromatic carbocycles. The van der Waals surface area contributed by atoms with Gasteiger partial charge in [0.1, 0.15) is 5.82 Å². The van der Waals surface area contributed by atoms with E-state index in [2.05, 4.69) is 10.2 Å². The van der Waals surface area contributed by atoms with Crippen molar-refractivity contribution in [3.63, 3.8) is 0 Å². The van der Waals surface area contributed by atoms with Gasteiger partial charge < -0.3 is 15.4 Å². The molecule has 6 heteroatoms. The minimum Gasteiger partial charge on any atom is -0.388 e. The van der Waals surface area contributed by atoms with Crippen LogP contribution in [0.1, 0.15) is 23.9 Å². The van der Waals surface area contributed by atoms with Crippen molar-refractivity contribution < 1.29 is 5.11 Å². The molecule has 0 aliphatic rings. The number of nitrogens with zero attached hydrogens (tertiary/aromatic N) is 3. The van der Waals surface area contributed by atoms with E-state index in [1.54, 1.807) is 11.8 Å². The molecule has 0 radical (unpaired) electrons. The van der Waals surface area contributed by atoms with Crippen LogP contribution in [0.4, 0.5) is 0 Å². The normalized spacial score (nSPS) is 12.6. The molecular formula is C13H18N4OS. The molecule has 0 spiro atoms. The number of rotatable bonds is 6. The number of aliphatic hydroxyl groups excluding tert-OH is 1. The van der Waals surface area contributed by atoms with Gasteiger partial charge in [0.15, 0.2) is 5.16 Å². The van der Waals surface area contributed by atoms with Gasteiger partial charge in [-0.15, -0.1) is 10.2 Å². The van der Waals surface area contributed by atoms with Crippen molar-refractivity contribution in [3.8, 4) is 0 Å². The van der Waals surface area contributed by atoms with Crippen molar-refractivity contribution in [2.45, 2.75) is 24.2 Å². The Morgan fingerprint density at radius 1 is 1.32 bits per heavy atom. The first-order valence-electron chi connectivity index (χ1n) is 6.16. The van der Waals surface area contributed by atoms with Crippen LogP contribution in [0.15, 0.2) is 35.5 Å². The summed E-state index contributed by atoms with van der Waals surface area (Å²) in [7, 11) is 1.90. The third-order valence-electron chi connectivity index (χ3n) is 2.91. The van der Waals surface area contributed by atoms with Crippen molar-refractivity contribution in [2.24, 2.45) is 12.8 Å². The van der Waals surface area contributed by atoms with Crippen molar-refractivity contribution in [2.75, 3.05) is 5.75 Å². The van der Waals surface area contributed by atoms with Crippen LogP contribution in [-0.2, 0) is 13.6 Å².